The molecule has 0 aliphatic rings. The molecule has 8 nitrogen and oxygen atoms in total. The zero-order valence-electron chi connectivity index (χ0n) is 15.7. The van der Waals surface area contributed by atoms with Gasteiger partial charge in [0.25, 0.3) is 5.56 Å². The SMILES string of the molecule is COc1ccc(Cc2cc(-c3cc(-c4c[nH]c(=O)[nH]c4=O)nnc3C)sn2)cc1. The third-order valence-corrected chi connectivity index (χ3v) is 5.30. The van der Waals surface area contributed by atoms with Gasteiger partial charge in [0, 0.05) is 18.2 Å². The van der Waals surface area contributed by atoms with Crippen LogP contribution in [0.5, 0.6) is 5.75 Å². The van der Waals surface area contributed by atoms with E-state index >= 15 is 0 Å². The quantitative estimate of drug-likeness (QED) is 0.526. The molecule has 0 saturated heterocycles. The summed E-state index contributed by atoms with van der Waals surface area (Å²) in [5.74, 6) is 0.816. The van der Waals surface area contributed by atoms with Gasteiger partial charge in [-0.25, -0.2) is 4.79 Å². The molecule has 0 atom stereocenters. The van der Waals surface area contributed by atoms with Crippen molar-refractivity contribution in [3.05, 3.63) is 80.4 Å². The molecule has 0 saturated carbocycles. The predicted octanol–water partition coefficient (Wildman–Crippen LogP) is 2.55. The topological polar surface area (TPSA) is 114 Å². The van der Waals surface area contributed by atoms with Gasteiger partial charge in [-0.15, -0.1) is 5.10 Å². The van der Waals surface area contributed by atoms with Crippen molar-refractivity contribution in [3.63, 3.8) is 0 Å². The molecule has 4 rings (SSSR count). The maximum absolute atomic E-state index is 12.1. The number of H-pyrrole nitrogens is 2. The van der Waals surface area contributed by atoms with E-state index in [-0.39, 0.29) is 5.56 Å². The van der Waals surface area contributed by atoms with Crippen LogP contribution < -0.4 is 16.0 Å². The van der Waals surface area contributed by atoms with Gasteiger partial charge in [0.2, 0.25) is 0 Å². The van der Waals surface area contributed by atoms with Crippen molar-refractivity contribution < 1.29 is 4.74 Å². The number of benzene rings is 1. The Hall–Kier alpha value is -3.59. The normalized spacial score (nSPS) is 10.8. The highest BCUT2D eigenvalue weighted by molar-refractivity contribution is 7.09. The van der Waals surface area contributed by atoms with E-state index in [1.54, 1.807) is 13.2 Å². The highest BCUT2D eigenvalue weighted by atomic mass is 32.1. The molecule has 1 aromatic carbocycles. The van der Waals surface area contributed by atoms with Crippen LogP contribution in [-0.2, 0) is 6.42 Å². The molecule has 3 aromatic heterocycles. The molecule has 0 radical (unpaired) electrons. The van der Waals surface area contributed by atoms with Crippen molar-refractivity contribution in [2.24, 2.45) is 0 Å². The number of methoxy groups -OCH3 is 1. The van der Waals surface area contributed by atoms with Crippen molar-refractivity contribution in [2.45, 2.75) is 13.3 Å². The summed E-state index contributed by atoms with van der Waals surface area (Å²) < 4.78 is 9.74. The van der Waals surface area contributed by atoms with Gasteiger partial charge in [0.05, 0.1) is 28.9 Å². The van der Waals surface area contributed by atoms with Gasteiger partial charge in [-0.2, -0.15) is 9.47 Å². The molecule has 0 aliphatic heterocycles. The van der Waals surface area contributed by atoms with Crippen LogP contribution in [0.15, 0.2) is 52.2 Å². The Labute approximate surface area is 169 Å². The number of hydrogen-bond donors (Lipinski definition) is 2. The molecular weight excluding hydrogens is 390 g/mol. The number of aromatic amines is 2. The standard InChI is InChI=1S/C20H17N5O3S/c1-11-15(9-17(24-23-11)16-10-21-20(27)22-19(16)26)18-8-13(25-29-18)7-12-3-5-14(28-2)6-4-12/h3-6,8-10H,7H2,1-2H3,(H2,21,22,26,27). The van der Waals surface area contributed by atoms with E-state index in [4.69, 9.17) is 4.74 Å². The Morgan fingerprint density at radius 3 is 2.59 bits per heavy atom. The Balaban J connectivity index is 1.64. The smallest absolute Gasteiger partial charge is 0.325 e. The number of aryl methyl sites for hydroxylation is 1. The zero-order valence-corrected chi connectivity index (χ0v) is 16.5. The van der Waals surface area contributed by atoms with Gasteiger partial charge in [0.15, 0.2) is 0 Å². The second kappa shape index (κ2) is 7.80. The molecule has 3 heterocycles. The van der Waals surface area contributed by atoms with Gasteiger partial charge in [-0.1, -0.05) is 12.1 Å². The molecule has 0 aliphatic carbocycles. The zero-order chi connectivity index (χ0) is 20.4. The lowest BCUT2D eigenvalue weighted by Gasteiger charge is -2.04. The fourth-order valence-electron chi connectivity index (χ4n) is 2.91. The summed E-state index contributed by atoms with van der Waals surface area (Å²) in [5.41, 5.74) is 3.21. The van der Waals surface area contributed by atoms with Crippen molar-refractivity contribution in [3.8, 4) is 27.4 Å². The second-order valence-electron chi connectivity index (χ2n) is 6.42. The summed E-state index contributed by atoms with van der Waals surface area (Å²) >= 11 is 1.37. The Kier molecular flexibility index (Phi) is 5.05. The summed E-state index contributed by atoms with van der Waals surface area (Å²) in [6.07, 6.45) is 2.04. The third-order valence-electron chi connectivity index (χ3n) is 4.44. The van der Waals surface area contributed by atoms with E-state index in [9.17, 15) is 9.59 Å². The van der Waals surface area contributed by atoms with Crippen molar-refractivity contribution in [1.29, 1.82) is 0 Å². The summed E-state index contributed by atoms with van der Waals surface area (Å²) in [6.45, 7) is 1.85. The first-order valence-corrected chi connectivity index (χ1v) is 9.56. The van der Waals surface area contributed by atoms with Crippen LogP contribution in [-0.4, -0.2) is 31.6 Å². The van der Waals surface area contributed by atoms with E-state index < -0.39 is 11.2 Å². The number of nitrogens with zero attached hydrogens (tertiary/aromatic N) is 3. The molecule has 0 bridgehead atoms. The Morgan fingerprint density at radius 2 is 1.86 bits per heavy atom. The molecule has 146 valence electrons. The number of ether oxygens (including phenoxy) is 1. The highest BCUT2D eigenvalue weighted by Gasteiger charge is 2.13. The van der Waals surface area contributed by atoms with Crippen LogP contribution in [0.3, 0.4) is 0 Å². The number of hydrogen-bond acceptors (Lipinski definition) is 7. The summed E-state index contributed by atoms with van der Waals surface area (Å²) in [4.78, 5) is 28.9. The van der Waals surface area contributed by atoms with E-state index in [2.05, 4.69) is 24.5 Å². The van der Waals surface area contributed by atoms with Gasteiger partial charge >= 0.3 is 5.69 Å². The molecular formula is C20H17N5O3S. The molecule has 0 spiro atoms. The number of nitrogens with one attached hydrogen (secondary N) is 2. The van der Waals surface area contributed by atoms with Crippen LogP contribution in [0.25, 0.3) is 21.7 Å². The Bertz CT molecular complexity index is 1270. The fraction of sp³-hybridized carbons (Fsp3) is 0.150. The van der Waals surface area contributed by atoms with E-state index in [1.807, 2.05) is 37.3 Å². The first-order chi connectivity index (χ1) is 14.0. The third kappa shape index (κ3) is 3.99. The largest absolute Gasteiger partial charge is 0.497 e. The van der Waals surface area contributed by atoms with E-state index in [1.165, 1.54) is 17.7 Å². The van der Waals surface area contributed by atoms with Gasteiger partial charge in [-0.05, 0) is 48.3 Å². The lowest BCUT2D eigenvalue weighted by Crippen LogP contribution is -2.22. The second-order valence-corrected chi connectivity index (χ2v) is 7.23. The average molecular weight is 407 g/mol. The minimum Gasteiger partial charge on any atom is -0.497 e. The van der Waals surface area contributed by atoms with Crippen LogP contribution in [0.1, 0.15) is 17.0 Å². The van der Waals surface area contributed by atoms with Gasteiger partial charge in [-0.3, -0.25) is 9.78 Å². The molecule has 2 N–H and O–H groups in total. The van der Waals surface area contributed by atoms with Gasteiger partial charge < -0.3 is 9.72 Å². The molecule has 0 unspecified atom stereocenters. The predicted molar refractivity (Wildman–Crippen MR) is 110 cm³/mol. The minimum absolute atomic E-state index is 0.251. The lowest BCUT2D eigenvalue weighted by atomic mass is 10.1. The van der Waals surface area contributed by atoms with Crippen LogP contribution in [0.2, 0.25) is 0 Å². The van der Waals surface area contributed by atoms with Gasteiger partial charge in [0.1, 0.15) is 11.4 Å². The maximum Gasteiger partial charge on any atom is 0.325 e. The van der Waals surface area contributed by atoms with E-state index in [0.717, 1.165) is 33.1 Å². The molecule has 4 aromatic rings. The van der Waals surface area contributed by atoms with Crippen molar-refractivity contribution >= 4 is 11.5 Å². The summed E-state index contributed by atoms with van der Waals surface area (Å²) in [7, 11) is 1.64. The first-order valence-electron chi connectivity index (χ1n) is 8.79. The fourth-order valence-corrected chi connectivity index (χ4v) is 3.74. The minimum atomic E-state index is -0.565. The number of rotatable bonds is 5. The monoisotopic (exact) mass is 407 g/mol. The first kappa shape index (κ1) is 18.8. The highest BCUT2D eigenvalue weighted by Crippen LogP contribution is 2.29. The molecule has 29 heavy (non-hydrogen) atoms. The van der Waals surface area contributed by atoms with E-state index in [0.29, 0.717) is 12.1 Å². The summed E-state index contributed by atoms with van der Waals surface area (Å²) in [5, 5.41) is 8.27. The van der Waals surface area contributed by atoms with Crippen LogP contribution in [0.4, 0.5) is 0 Å². The Morgan fingerprint density at radius 1 is 1.07 bits per heavy atom. The van der Waals surface area contributed by atoms with Crippen molar-refractivity contribution in [2.75, 3.05) is 7.11 Å². The molecule has 0 fully saturated rings. The van der Waals surface area contributed by atoms with Crippen LogP contribution >= 0.6 is 11.5 Å². The number of aromatic nitrogens is 5. The molecule has 0 amide bonds. The lowest BCUT2D eigenvalue weighted by molar-refractivity contribution is 0.414. The van der Waals surface area contributed by atoms with Crippen molar-refractivity contribution in [1.82, 2.24) is 24.5 Å². The maximum atomic E-state index is 12.1. The average Bonchev–Trinajstić information content (AvgIpc) is 3.17. The molecule has 9 heteroatoms. The van der Waals surface area contributed by atoms with Crippen LogP contribution in [0, 0.1) is 6.92 Å². The summed E-state index contributed by atoms with van der Waals surface area (Å²) in [6, 6.07) is 11.7.